The number of aromatic nitrogens is 2. The van der Waals surface area contributed by atoms with Gasteiger partial charge in [-0.1, -0.05) is 11.8 Å². The van der Waals surface area contributed by atoms with Gasteiger partial charge in [0, 0.05) is 18.1 Å². The van der Waals surface area contributed by atoms with E-state index in [1.165, 1.54) is 11.8 Å². The summed E-state index contributed by atoms with van der Waals surface area (Å²) >= 11 is 13.3. The Bertz CT molecular complexity index is 603. The Balaban J connectivity index is 1.50. The molecule has 5 nitrogen and oxygen atoms in total. The zero-order valence-electron chi connectivity index (χ0n) is 10.6. The van der Waals surface area contributed by atoms with Crippen LogP contribution < -0.4 is 0 Å². The fourth-order valence-electron chi connectivity index (χ4n) is 2.28. The van der Waals surface area contributed by atoms with Gasteiger partial charge in [-0.15, -0.1) is 33.4 Å². The molecule has 0 spiro atoms. The van der Waals surface area contributed by atoms with Crippen LogP contribution in [0.4, 0.5) is 0 Å². The van der Waals surface area contributed by atoms with E-state index >= 15 is 0 Å². The molecule has 0 unspecified atom stereocenters. The molecule has 0 radical (unpaired) electrons. The summed E-state index contributed by atoms with van der Waals surface area (Å²) in [7, 11) is -2.86. The lowest BCUT2D eigenvalue weighted by molar-refractivity contribution is 0.389. The van der Waals surface area contributed by atoms with Crippen molar-refractivity contribution in [2.24, 2.45) is 11.8 Å². The highest BCUT2D eigenvalue weighted by atomic mass is 35.5. The molecule has 0 N–H and O–H groups in total. The van der Waals surface area contributed by atoms with Gasteiger partial charge >= 0.3 is 0 Å². The van der Waals surface area contributed by atoms with Crippen LogP contribution in [0.1, 0.15) is 18.7 Å². The van der Waals surface area contributed by atoms with Crippen molar-refractivity contribution in [1.82, 2.24) is 10.2 Å². The Labute approximate surface area is 131 Å². The van der Waals surface area contributed by atoms with Crippen LogP contribution in [-0.2, 0) is 16.3 Å². The number of alkyl halides is 2. The lowest BCUT2D eigenvalue weighted by Gasteiger charge is -2.01. The molecule has 1 saturated carbocycles. The number of thioether (sulfide) groups is 1. The number of nitrogens with zero attached hydrogens (tertiary/aromatic N) is 2. The van der Waals surface area contributed by atoms with Gasteiger partial charge in [-0.2, -0.15) is 0 Å². The molecule has 3 rings (SSSR count). The Hall–Kier alpha value is 0.0200. The normalized spacial score (nSPS) is 30.5. The van der Waals surface area contributed by atoms with Gasteiger partial charge in [-0.3, -0.25) is 0 Å². The molecular weight excluding hydrogens is 343 g/mol. The van der Waals surface area contributed by atoms with Gasteiger partial charge in [0.05, 0.1) is 11.5 Å². The molecular formula is C11H14Cl2N2O3S2. The molecule has 112 valence electrons. The molecule has 1 aromatic rings. The second-order valence-electron chi connectivity index (χ2n) is 5.41. The Morgan fingerprint density at radius 1 is 1.40 bits per heavy atom. The third-order valence-corrected chi connectivity index (χ3v) is 7.35. The molecule has 9 heteroatoms. The highest BCUT2D eigenvalue weighted by Crippen LogP contribution is 2.54. The average Bonchev–Trinajstić information content (AvgIpc) is 2.71. The van der Waals surface area contributed by atoms with E-state index in [4.69, 9.17) is 27.6 Å². The summed E-state index contributed by atoms with van der Waals surface area (Å²) in [5.74, 6) is 2.12. The predicted octanol–water partition coefficient (Wildman–Crippen LogP) is 2.33. The van der Waals surface area contributed by atoms with Crippen LogP contribution in [0.25, 0.3) is 0 Å². The number of hydrogen-bond acceptors (Lipinski definition) is 6. The topological polar surface area (TPSA) is 73.1 Å². The number of hydrogen-bond donors (Lipinski definition) is 0. The van der Waals surface area contributed by atoms with Crippen LogP contribution in [0.5, 0.6) is 0 Å². The minimum Gasteiger partial charge on any atom is -0.416 e. The van der Waals surface area contributed by atoms with E-state index < -0.39 is 14.2 Å². The first-order valence-corrected chi connectivity index (χ1v) is 9.94. The summed E-state index contributed by atoms with van der Waals surface area (Å²) in [5, 5.41) is 8.41. The quantitative estimate of drug-likeness (QED) is 0.595. The Kier molecular flexibility index (Phi) is 3.99. The van der Waals surface area contributed by atoms with Gasteiger partial charge in [0.25, 0.3) is 5.22 Å². The van der Waals surface area contributed by atoms with Crippen LogP contribution in [-0.4, -0.2) is 40.2 Å². The van der Waals surface area contributed by atoms with E-state index in [0.29, 0.717) is 24.0 Å². The van der Waals surface area contributed by atoms with Gasteiger partial charge < -0.3 is 4.42 Å². The third kappa shape index (κ3) is 3.61. The van der Waals surface area contributed by atoms with E-state index in [0.717, 1.165) is 12.2 Å². The summed E-state index contributed by atoms with van der Waals surface area (Å²) in [6.07, 6.45) is 2.01. The second kappa shape index (κ2) is 5.34. The van der Waals surface area contributed by atoms with Crippen LogP contribution in [0.2, 0.25) is 0 Å². The van der Waals surface area contributed by atoms with Crippen LogP contribution in [0.15, 0.2) is 9.64 Å². The summed E-state index contributed by atoms with van der Waals surface area (Å²) in [6.45, 7) is 0. The molecule has 1 saturated heterocycles. The first-order chi connectivity index (χ1) is 9.34. The van der Waals surface area contributed by atoms with Crippen molar-refractivity contribution in [2.45, 2.75) is 28.8 Å². The van der Waals surface area contributed by atoms with Crippen molar-refractivity contribution in [1.29, 1.82) is 0 Å². The van der Waals surface area contributed by atoms with Gasteiger partial charge in [-0.05, 0) is 18.8 Å². The van der Waals surface area contributed by atoms with E-state index in [9.17, 15) is 8.42 Å². The van der Waals surface area contributed by atoms with Gasteiger partial charge in [0.1, 0.15) is 4.33 Å². The number of halogens is 2. The molecule has 1 aromatic heterocycles. The third-order valence-electron chi connectivity index (χ3n) is 3.60. The molecule has 2 heterocycles. The largest absolute Gasteiger partial charge is 0.416 e. The smallest absolute Gasteiger partial charge is 0.276 e. The van der Waals surface area contributed by atoms with Crippen LogP contribution in [0.3, 0.4) is 0 Å². The summed E-state index contributed by atoms with van der Waals surface area (Å²) in [4.78, 5) is 0. The van der Waals surface area contributed by atoms with E-state index in [2.05, 4.69) is 10.2 Å². The lowest BCUT2D eigenvalue weighted by Crippen LogP contribution is -2.07. The van der Waals surface area contributed by atoms with Crippen LogP contribution >= 0.6 is 35.0 Å². The maximum absolute atomic E-state index is 11.4. The zero-order chi connectivity index (χ0) is 14.4. The molecule has 2 atom stereocenters. The Morgan fingerprint density at radius 2 is 2.15 bits per heavy atom. The molecule has 1 aliphatic carbocycles. The lowest BCUT2D eigenvalue weighted by atomic mass is 10.1. The zero-order valence-corrected chi connectivity index (χ0v) is 13.7. The number of rotatable bonds is 5. The van der Waals surface area contributed by atoms with Gasteiger partial charge in [-0.25, -0.2) is 8.42 Å². The van der Waals surface area contributed by atoms with Crippen molar-refractivity contribution in [2.75, 3.05) is 17.3 Å². The first-order valence-electron chi connectivity index (χ1n) is 6.37. The van der Waals surface area contributed by atoms with Crippen molar-refractivity contribution in [3.8, 4) is 0 Å². The molecule has 0 aromatic carbocycles. The molecule has 2 aliphatic rings. The summed E-state index contributed by atoms with van der Waals surface area (Å²) in [5.41, 5.74) is 0. The highest BCUT2D eigenvalue weighted by Gasteiger charge is 2.51. The highest BCUT2D eigenvalue weighted by molar-refractivity contribution is 7.99. The minimum atomic E-state index is -2.86. The molecule has 0 bridgehead atoms. The Morgan fingerprint density at radius 3 is 2.75 bits per heavy atom. The van der Waals surface area contributed by atoms with E-state index in [1.807, 2.05) is 0 Å². The van der Waals surface area contributed by atoms with E-state index in [1.54, 1.807) is 0 Å². The summed E-state index contributed by atoms with van der Waals surface area (Å²) in [6, 6.07) is 0. The van der Waals surface area contributed by atoms with Gasteiger partial charge in [0.2, 0.25) is 5.89 Å². The first kappa shape index (κ1) is 14.9. The maximum atomic E-state index is 11.4. The standard InChI is InChI=1S/C11H14Cl2N2O3S2/c12-11(13)4-8(11)5-19-10-15-14-9(18-10)3-7-1-2-20(16,17)6-7/h7-8H,1-6H2/t7-,8+/m1/s1. The van der Waals surface area contributed by atoms with Gasteiger partial charge in [0.15, 0.2) is 9.84 Å². The fraction of sp³-hybridized carbons (Fsp3) is 0.818. The van der Waals surface area contributed by atoms with Crippen molar-refractivity contribution in [3.63, 3.8) is 0 Å². The predicted molar refractivity (Wildman–Crippen MR) is 78.0 cm³/mol. The minimum absolute atomic E-state index is 0.0973. The second-order valence-corrected chi connectivity index (χ2v) is 10.2. The fourth-order valence-corrected chi connectivity index (χ4v) is 5.85. The van der Waals surface area contributed by atoms with Crippen molar-refractivity contribution >= 4 is 44.8 Å². The number of sulfone groups is 1. The molecule has 1 aliphatic heterocycles. The SMILES string of the molecule is O=S1(=O)CC[C@H](Cc2nnc(SC[C@@H]3CC3(Cl)Cl)o2)C1. The van der Waals surface area contributed by atoms with Crippen molar-refractivity contribution in [3.05, 3.63) is 5.89 Å². The van der Waals surface area contributed by atoms with E-state index in [-0.39, 0.29) is 23.3 Å². The van der Waals surface area contributed by atoms with Crippen LogP contribution in [0, 0.1) is 11.8 Å². The molecule has 0 amide bonds. The van der Waals surface area contributed by atoms with Crippen molar-refractivity contribution < 1.29 is 12.8 Å². The maximum Gasteiger partial charge on any atom is 0.276 e. The average molecular weight is 357 g/mol. The monoisotopic (exact) mass is 356 g/mol. The molecule has 2 fully saturated rings. The summed E-state index contributed by atoms with van der Waals surface area (Å²) < 4.78 is 27.7. The molecule has 20 heavy (non-hydrogen) atoms.